The van der Waals surface area contributed by atoms with Crippen LogP contribution in [0.2, 0.25) is 0 Å². The van der Waals surface area contributed by atoms with Crippen LogP contribution in [0.1, 0.15) is 12.8 Å². The number of aromatic nitrogens is 1. The maximum absolute atomic E-state index is 12.8. The fraction of sp³-hybridized carbons (Fsp3) is 0.474. The highest BCUT2D eigenvalue weighted by Crippen LogP contribution is 2.33. The number of carbonyl (C=O) groups is 1. The summed E-state index contributed by atoms with van der Waals surface area (Å²) >= 11 is 1.35. The van der Waals surface area contributed by atoms with E-state index in [0.29, 0.717) is 42.2 Å². The van der Waals surface area contributed by atoms with E-state index in [4.69, 9.17) is 15.9 Å². The van der Waals surface area contributed by atoms with Crippen molar-refractivity contribution < 1.29 is 22.7 Å². The molecule has 1 aromatic carbocycles. The molecule has 2 aromatic rings. The van der Waals surface area contributed by atoms with Gasteiger partial charge in [-0.3, -0.25) is 4.79 Å². The number of carbonyl (C=O) groups excluding carboxylic acids is 1. The number of thiazole rings is 1. The zero-order chi connectivity index (χ0) is 21.2. The standard InChI is InChI=1S/C19H23N3O5S2/c1-5-8-22-14-11-15(26-2)16(27-3)12-17(14)28-19(22)20-18(23)13-6-9-21(10-7-13)29(4,24)25/h1,11-13H,6-10H2,2-4H3. The Morgan fingerprint density at radius 3 is 2.45 bits per heavy atom. The van der Waals surface area contributed by atoms with Crippen molar-refractivity contribution >= 4 is 37.5 Å². The van der Waals surface area contributed by atoms with Gasteiger partial charge in [-0.15, -0.1) is 6.42 Å². The zero-order valence-corrected chi connectivity index (χ0v) is 18.2. The van der Waals surface area contributed by atoms with Crippen LogP contribution in [0.25, 0.3) is 10.2 Å². The van der Waals surface area contributed by atoms with E-state index in [9.17, 15) is 13.2 Å². The van der Waals surface area contributed by atoms with Gasteiger partial charge in [0.1, 0.15) is 0 Å². The predicted octanol–water partition coefficient (Wildman–Crippen LogP) is 1.45. The van der Waals surface area contributed by atoms with Gasteiger partial charge in [-0.25, -0.2) is 12.7 Å². The van der Waals surface area contributed by atoms with Gasteiger partial charge in [-0.1, -0.05) is 17.3 Å². The molecule has 1 fully saturated rings. The molecule has 1 amide bonds. The number of terminal acetylenes is 1. The number of rotatable bonds is 5. The maximum atomic E-state index is 12.8. The fourth-order valence-corrected chi connectivity index (χ4v) is 5.27. The second-order valence-electron chi connectivity index (χ2n) is 6.74. The van der Waals surface area contributed by atoms with Crippen LogP contribution < -0.4 is 14.3 Å². The minimum atomic E-state index is -3.24. The van der Waals surface area contributed by atoms with Crippen molar-refractivity contribution in [2.75, 3.05) is 33.6 Å². The number of nitrogens with zero attached hydrogens (tertiary/aromatic N) is 3. The molecule has 156 valence electrons. The Morgan fingerprint density at radius 1 is 1.28 bits per heavy atom. The van der Waals surface area contributed by atoms with Gasteiger partial charge >= 0.3 is 0 Å². The van der Waals surface area contributed by atoms with Crippen molar-refractivity contribution in [3.8, 4) is 23.8 Å². The van der Waals surface area contributed by atoms with Crippen LogP contribution in [0.15, 0.2) is 17.1 Å². The largest absolute Gasteiger partial charge is 0.493 e. The molecule has 1 aromatic heterocycles. The Morgan fingerprint density at radius 2 is 1.90 bits per heavy atom. The highest BCUT2D eigenvalue weighted by molar-refractivity contribution is 7.88. The highest BCUT2D eigenvalue weighted by Gasteiger charge is 2.29. The third-order valence-electron chi connectivity index (χ3n) is 4.92. The summed E-state index contributed by atoms with van der Waals surface area (Å²) in [6.45, 7) is 0.917. The first-order valence-electron chi connectivity index (χ1n) is 9.01. The molecule has 1 aliphatic rings. The first-order valence-corrected chi connectivity index (χ1v) is 11.7. The number of benzene rings is 1. The second kappa shape index (κ2) is 8.57. The van der Waals surface area contributed by atoms with Crippen molar-refractivity contribution in [2.24, 2.45) is 10.9 Å². The zero-order valence-electron chi connectivity index (χ0n) is 16.5. The Hall–Kier alpha value is -2.35. The van der Waals surface area contributed by atoms with Gasteiger partial charge in [-0.05, 0) is 12.8 Å². The monoisotopic (exact) mass is 437 g/mol. The lowest BCUT2D eigenvalue weighted by Gasteiger charge is -2.28. The average Bonchev–Trinajstić information content (AvgIpc) is 3.02. The predicted molar refractivity (Wildman–Crippen MR) is 111 cm³/mol. The molecule has 0 N–H and O–H groups in total. The van der Waals surface area contributed by atoms with Crippen molar-refractivity contribution in [1.29, 1.82) is 0 Å². The Labute approximate surface area is 173 Å². The van der Waals surface area contributed by atoms with Gasteiger partial charge in [0.05, 0.1) is 37.2 Å². The number of amides is 1. The summed E-state index contributed by atoms with van der Waals surface area (Å²) in [7, 11) is -0.120. The summed E-state index contributed by atoms with van der Waals surface area (Å²) < 4.78 is 38.1. The van der Waals surface area contributed by atoms with Crippen molar-refractivity contribution in [3.63, 3.8) is 0 Å². The molecule has 1 aliphatic heterocycles. The van der Waals surface area contributed by atoms with Crippen LogP contribution in [0.5, 0.6) is 11.5 Å². The summed E-state index contributed by atoms with van der Waals surface area (Å²) in [5, 5.41) is 0. The van der Waals surface area contributed by atoms with E-state index in [1.165, 1.54) is 21.9 Å². The van der Waals surface area contributed by atoms with Gasteiger partial charge in [-0.2, -0.15) is 4.99 Å². The summed E-state index contributed by atoms with van der Waals surface area (Å²) in [6, 6.07) is 3.65. The molecule has 29 heavy (non-hydrogen) atoms. The number of fused-ring (bicyclic) bond motifs is 1. The number of sulfonamides is 1. The Kier molecular flexibility index (Phi) is 6.31. The Bertz CT molecular complexity index is 1130. The maximum Gasteiger partial charge on any atom is 0.251 e. The quantitative estimate of drug-likeness (QED) is 0.661. The minimum absolute atomic E-state index is 0.255. The van der Waals surface area contributed by atoms with E-state index in [0.717, 1.165) is 10.2 Å². The number of hydrogen-bond acceptors (Lipinski definition) is 6. The van der Waals surface area contributed by atoms with Crippen LogP contribution in [-0.4, -0.2) is 56.8 Å². The van der Waals surface area contributed by atoms with Crippen LogP contribution in [-0.2, 0) is 21.4 Å². The lowest BCUT2D eigenvalue weighted by atomic mass is 9.98. The van der Waals surface area contributed by atoms with E-state index in [1.807, 2.05) is 12.1 Å². The normalized spacial score (nSPS) is 16.7. The molecule has 0 unspecified atom stereocenters. The molecule has 10 heteroatoms. The molecule has 0 bridgehead atoms. The molecular formula is C19H23N3O5S2. The van der Waals surface area contributed by atoms with E-state index < -0.39 is 10.0 Å². The summed E-state index contributed by atoms with van der Waals surface area (Å²) in [4.78, 5) is 17.6. The smallest absolute Gasteiger partial charge is 0.251 e. The van der Waals surface area contributed by atoms with E-state index in [1.54, 1.807) is 18.8 Å². The molecule has 0 atom stereocenters. The first-order chi connectivity index (χ1) is 13.8. The molecule has 0 radical (unpaired) electrons. The van der Waals surface area contributed by atoms with Crippen LogP contribution in [0.4, 0.5) is 0 Å². The van der Waals surface area contributed by atoms with E-state index in [-0.39, 0.29) is 18.4 Å². The summed E-state index contributed by atoms with van der Waals surface area (Å²) in [6.07, 6.45) is 7.62. The molecule has 1 saturated heterocycles. The number of ether oxygens (including phenoxy) is 2. The van der Waals surface area contributed by atoms with Gasteiger partial charge < -0.3 is 14.0 Å². The number of piperidine rings is 1. The SMILES string of the molecule is C#CCn1c(=NC(=O)C2CCN(S(C)(=O)=O)CC2)sc2cc(OC)c(OC)cc21. The van der Waals surface area contributed by atoms with Crippen LogP contribution >= 0.6 is 11.3 Å². The van der Waals surface area contributed by atoms with Crippen molar-refractivity contribution in [2.45, 2.75) is 19.4 Å². The van der Waals surface area contributed by atoms with Gasteiger partial charge in [0.2, 0.25) is 10.0 Å². The van der Waals surface area contributed by atoms with Gasteiger partial charge in [0, 0.05) is 31.1 Å². The summed E-state index contributed by atoms with van der Waals surface area (Å²) in [5.74, 6) is 3.19. The minimum Gasteiger partial charge on any atom is -0.493 e. The Balaban J connectivity index is 1.96. The highest BCUT2D eigenvalue weighted by atomic mass is 32.2. The first kappa shape index (κ1) is 21.4. The van der Waals surface area contributed by atoms with Gasteiger partial charge in [0.15, 0.2) is 16.3 Å². The molecule has 0 aliphatic carbocycles. The van der Waals surface area contributed by atoms with Crippen molar-refractivity contribution in [1.82, 2.24) is 8.87 Å². The van der Waals surface area contributed by atoms with E-state index in [2.05, 4.69) is 10.9 Å². The third-order valence-corrected chi connectivity index (χ3v) is 7.26. The fourth-order valence-electron chi connectivity index (χ4n) is 3.35. The molecule has 3 rings (SSSR count). The van der Waals surface area contributed by atoms with Crippen LogP contribution in [0.3, 0.4) is 0 Å². The second-order valence-corrected chi connectivity index (χ2v) is 9.73. The lowest BCUT2D eigenvalue weighted by Crippen LogP contribution is -2.39. The van der Waals surface area contributed by atoms with Crippen molar-refractivity contribution in [3.05, 3.63) is 16.9 Å². The van der Waals surface area contributed by atoms with Gasteiger partial charge in [0.25, 0.3) is 5.91 Å². The molecule has 8 nitrogen and oxygen atoms in total. The topological polar surface area (TPSA) is 90.2 Å². The third kappa shape index (κ3) is 4.47. The number of methoxy groups -OCH3 is 2. The molecule has 2 heterocycles. The summed E-state index contributed by atoms with van der Waals surface area (Å²) in [5.41, 5.74) is 0.809. The molecule has 0 spiro atoms. The average molecular weight is 438 g/mol. The lowest BCUT2D eigenvalue weighted by molar-refractivity contribution is -0.122. The number of hydrogen-bond donors (Lipinski definition) is 0. The molecule has 0 saturated carbocycles. The molecular weight excluding hydrogens is 414 g/mol. The van der Waals surface area contributed by atoms with E-state index >= 15 is 0 Å². The van der Waals surface area contributed by atoms with Crippen LogP contribution in [0, 0.1) is 18.3 Å².